The second kappa shape index (κ2) is 15.1. The third-order valence-electron chi connectivity index (χ3n) is 11.7. The van der Waals surface area contributed by atoms with Crippen LogP contribution in [0.2, 0.25) is 0 Å². The van der Waals surface area contributed by atoms with Crippen LogP contribution < -0.4 is 0 Å². The van der Waals surface area contributed by atoms with Gasteiger partial charge in [-0.3, -0.25) is 0 Å². The molecular formula is C58H38N2. The Morgan fingerprint density at radius 1 is 0.233 bits per heavy atom. The molecule has 0 aliphatic rings. The van der Waals surface area contributed by atoms with E-state index >= 15 is 0 Å². The van der Waals surface area contributed by atoms with Gasteiger partial charge in [-0.1, -0.05) is 212 Å². The number of aromatic nitrogens is 2. The topological polar surface area (TPSA) is 25.8 Å². The Morgan fingerprint density at radius 3 is 1.45 bits per heavy atom. The summed E-state index contributed by atoms with van der Waals surface area (Å²) in [5.74, 6) is 0.695. The molecule has 10 aromatic carbocycles. The molecule has 0 radical (unpaired) electrons. The summed E-state index contributed by atoms with van der Waals surface area (Å²) in [4.78, 5) is 10.4. The lowest BCUT2D eigenvalue weighted by Crippen LogP contribution is -1.97. The molecule has 0 aliphatic heterocycles. The Bertz CT molecular complexity index is 3320. The zero-order valence-corrected chi connectivity index (χ0v) is 32.8. The Balaban J connectivity index is 0.991. The van der Waals surface area contributed by atoms with Crippen LogP contribution in [0.3, 0.4) is 0 Å². The van der Waals surface area contributed by atoms with Gasteiger partial charge in [-0.2, -0.15) is 0 Å². The molecular weight excluding hydrogens is 725 g/mol. The number of hydrogen-bond donors (Lipinski definition) is 0. The van der Waals surface area contributed by atoms with Gasteiger partial charge in [-0.05, 0) is 95.0 Å². The molecule has 0 N–H and O–H groups in total. The fourth-order valence-corrected chi connectivity index (χ4v) is 8.68. The summed E-state index contributed by atoms with van der Waals surface area (Å²) in [6.07, 6.45) is 0. The first kappa shape index (κ1) is 35.2. The maximum absolute atomic E-state index is 5.26. The maximum atomic E-state index is 5.26. The van der Waals surface area contributed by atoms with Crippen molar-refractivity contribution in [1.29, 1.82) is 0 Å². The fourth-order valence-electron chi connectivity index (χ4n) is 8.68. The van der Waals surface area contributed by atoms with Crippen molar-refractivity contribution in [3.8, 4) is 78.4 Å². The number of fused-ring (bicyclic) bond motifs is 4. The quantitative estimate of drug-likeness (QED) is 0.119. The van der Waals surface area contributed by atoms with E-state index in [0.717, 1.165) is 50.3 Å². The third kappa shape index (κ3) is 6.51. The van der Waals surface area contributed by atoms with E-state index in [1.807, 2.05) is 18.2 Å². The van der Waals surface area contributed by atoms with E-state index < -0.39 is 0 Å². The predicted octanol–water partition coefficient (Wildman–Crippen LogP) is 15.6. The normalized spacial score (nSPS) is 11.3. The molecule has 0 fully saturated rings. The zero-order chi connectivity index (χ0) is 39.8. The van der Waals surface area contributed by atoms with Crippen molar-refractivity contribution in [2.75, 3.05) is 0 Å². The van der Waals surface area contributed by atoms with Gasteiger partial charge in [-0.25, -0.2) is 9.97 Å². The molecule has 1 heterocycles. The molecule has 0 saturated heterocycles. The van der Waals surface area contributed by atoms with Crippen molar-refractivity contribution < 1.29 is 0 Å². The van der Waals surface area contributed by atoms with Crippen molar-refractivity contribution in [3.05, 3.63) is 231 Å². The molecule has 1 aromatic heterocycles. The molecule has 0 saturated carbocycles. The summed E-state index contributed by atoms with van der Waals surface area (Å²) in [7, 11) is 0. The predicted molar refractivity (Wildman–Crippen MR) is 253 cm³/mol. The van der Waals surface area contributed by atoms with Crippen LogP contribution >= 0.6 is 0 Å². The summed E-state index contributed by atoms with van der Waals surface area (Å²) >= 11 is 0. The number of hydrogen-bond acceptors (Lipinski definition) is 2. The molecule has 0 unspecified atom stereocenters. The smallest absolute Gasteiger partial charge is 0.160 e. The van der Waals surface area contributed by atoms with E-state index in [1.165, 1.54) is 54.6 Å². The Morgan fingerprint density at radius 2 is 0.750 bits per heavy atom. The first-order valence-corrected chi connectivity index (χ1v) is 20.5. The number of benzene rings is 10. The summed E-state index contributed by atoms with van der Waals surface area (Å²) in [5, 5.41) is 7.60. The van der Waals surface area contributed by atoms with Crippen molar-refractivity contribution >= 4 is 32.3 Å². The molecule has 0 amide bonds. The lowest BCUT2D eigenvalue weighted by molar-refractivity contribution is 1.18. The Hall–Kier alpha value is -7.94. The monoisotopic (exact) mass is 762 g/mol. The molecule has 0 atom stereocenters. The van der Waals surface area contributed by atoms with Crippen LogP contribution in [0, 0.1) is 0 Å². The molecule has 60 heavy (non-hydrogen) atoms. The second-order valence-electron chi connectivity index (χ2n) is 15.3. The summed E-state index contributed by atoms with van der Waals surface area (Å²) in [6.45, 7) is 0. The highest BCUT2D eigenvalue weighted by Crippen LogP contribution is 2.41. The minimum absolute atomic E-state index is 0.695. The maximum Gasteiger partial charge on any atom is 0.160 e. The van der Waals surface area contributed by atoms with E-state index in [4.69, 9.17) is 9.97 Å². The van der Waals surface area contributed by atoms with Gasteiger partial charge in [0.2, 0.25) is 0 Å². The minimum atomic E-state index is 0.695. The van der Waals surface area contributed by atoms with Gasteiger partial charge in [0.05, 0.1) is 11.4 Å². The minimum Gasteiger partial charge on any atom is -0.228 e. The van der Waals surface area contributed by atoms with Gasteiger partial charge in [0.15, 0.2) is 5.82 Å². The fraction of sp³-hybridized carbons (Fsp3) is 0. The van der Waals surface area contributed by atoms with Crippen LogP contribution in [0.15, 0.2) is 231 Å². The lowest BCUT2D eigenvalue weighted by atomic mass is 9.89. The van der Waals surface area contributed by atoms with Crippen LogP contribution in [-0.4, -0.2) is 9.97 Å². The van der Waals surface area contributed by atoms with Crippen molar-refractivity contribution in [2.45, 2.75) is 0 Å². The molecule has 0 spiro atoms. The van der Waals surface area contributed by atoms with Gasteiger partial charge in [0.25, 0.3) is 0 Å². The van der Waals surface area contributed by atoms with Gasteiger partial charge >= 0.3 is 0 Å². The highest BCUT2D eigenvalue weighted by atomic mass is 14.9. The standard InChI is InChI=1S/C58H38N2/c1-4-14-39(15-5-1)47-33-34-50(42-16-6-2-7-17-42)54(36-47)56-38-55(59-58(60-56)46-19-8-3-9-20-46)44-28-24-40(25-29-44)41-26-30-45(31-27-41)57-51-23-13-11-21-48(51)37-53-49-22-12-10-18-43(49)32-35-52(53)57/h1-38H. The molecule has 0 bridgehead atoms. The summed E-state index contributed by atoms with van der Waals surface area (Å²) < 4.78 is 0. The second-order valence-corrected chi connectivity index (χ2v) is 15.3. The highest BCUT2D eigenvalue weighted by molar-refractivity contribution is 6.20. The van der Waals surface area contributed by atoms with Crippen molar-refractivity contribution in [1.82, 2.24) is 9.97 Å². The van der Waals surface area contributed by atoms with E-state index in [0.29, 0.717) is 5.82 Å². The van der Waals surface area contributed by atoms with Crippen LogP contribution in [0.1, 0.15) is 0 Å². The molecule has 11 aromatic rings. The molecule has 0 aliphatic carbocycles. The third-order valence-corrected chi connectivity index (χ3v) is 11.7. The molecule has 2 nitrogen and oxygen atoms in total. The van der Waals surface area contributed by atoms with Gasteiger partial charge in [0, 0.05) is 16.7 Å². The average Bonchev–Trinajstić information content (AvgIpc) is 3.34. The van der Waals surface area contributed by atoms with Gasteiger partial charge in [-0.15, -0.1) is 0 Å². The van der Waals surface area contributed by atoms with Crippen molar-refractivity contribution in [2.24, 2.45) is 0 Å². The average molecular weight is 763 g/mol. The molecule has 11 rings (SSSR count). The Labute approximate surface area is 349 Å². The summed E-state index contributed by atoms with van der Waals surface area (Å²) in [5.41, 5.74) is 14.2. The largest absolute Gasteiger partial charge is 0.228 e. The van der Waals surface area contributed by atoms with E-state index in [1.54, 1.807) is 0 Å². The van der Waals surface area contributed by atoms with E-state index in [2.05, 4.69) is 212 Å². The molecule has 280 valence electrons. The van der Waals surface area contributed by atoms with Crippen LogP contribution in [0.4, 0.5) is 0 Å². The van der Waals surface area contributed by atoms with Gasteiger partial charge < -0.3 is 0 Å². The zero-order valence-electron chi connectivity index (χ0n) is 32.8. The number of rotatable bonds is 7. The van der Waals surface area contributed by atoms with E-state index in [-0.39, 0.29) is 0 Å². The number of nitrogens with zero attached hydrogens (tertiary/aromatic N) is 2. The van der Waals surface area contributed by atoms with Crippen LogP contribution in [-0.2, 0) is 0 Å². The molecule has 2 heteroatoms. The van der Waals surface area contributed by atoms with E-state index in [9.17, 15) is 0 Å². The van der Waals surface area contributed by atoms with Gasteiger partial charge in [0.1, 0.15) is 0 Å². The van der Waals surface area contributed by atoms with Crippen LogP contribution in [0.5, 0.6) is 0 Å². The van der Waals surface area contributed by atoms with Crippen molar-refractivity contribution in [3.63, 3.8) is 0 Å². The first-order chi connectivity index (χ1) is 29.7. The first-order valence-electron chi connectivity index (χ1n) is 20.5. The van der Waals surface area contributed by atoms with Crippen LogP contribution in [0.25, 0.3) is 111 Å². The highest BCUT2D eigenvalue weighted by Gasteiger charge is 2.17. The Kier molecular flexibility index (Phi) is 8.87. The SMILES string of the molecule is c1ccc(-c2ccc(-c3ccccc3)c(-c3cc(-c4ccc(-c5ccc(-c6c7ccccc7cc7c6ccc6ccccc67)cc5)cc4)nc(-c4ccccc4)n3)c2)cc1. The summed E-state index contributed by atoms with van der Waals surface area (Å²) in [6, 6.07) is 82.4. The lowest BCUT2D eigenvalue weighted by Gasteiger charge is -2.15.